The number of amides is 3. The van der Waals surface area contributed by atoms with E-state index in [1.807, 2.05) is 39.0 Å². The maximum absolute atomic E-state index is 12.4. The first-order valence-electron chi connectivity index (χ1n) is 9.69. The van der Waals surface area contributed by atoms with Crippen LogP contribution >= 0.6 is 0 Å². The Morgan fingerprint density at radius 3 is 2.45 bits per heavy atom. The van der Waals surface area contributed by atoms with E-state index in [9.17, 15) is 19.2 Å². The van der Waals surface area contributed by atoms with Crippen LogP contribution in [0.15, 0.2) is 24.3 Å². The molecule has 2 N–H and O–H groups in total. The highest BCUT2D eigenvalue weighted by molar-refractivity contribution is 5.95. The summed E-state index contributed by atoms with van der Waals surface area (Å²) < 4.78 is 4.56. The number of aryl methyl sites for hydroxylation is 1. The van der Waals surface area contributed by atoms with Crippen molar-refractivity contribution in [1.82, 2.24) is 10.2 Å². The van der Waals surface area contributed by atoms with Crippen molar-refractivity contribution in [2.75, 3.05) is 32.1 Å². The van der Waals surface area contributed by atoms with E-state index in [-0.39, 0.29) is 49.6 Å². The average Bonchev–Trinajstić information content (AvgIpc) is 2.65. The number of carbonyl (C=O) groups excluding carboxylic acids is 4. The van der Waals surface area contributed by atoms with Crippen molar-refractivity contribution in [2.45, 2.75) is 40.0 Å². The molecule has 0 saturated heterocycles. The molecule has 1 aromatic carbocycles. The molecule has 29 heavy (non-hydrogen) atoms. The van der Waals surface area contributed by atoms with Gasteiger partial charge in [0.2, 0.25) is 17.7 Å². The van der Waals surface area contributed by atoms with Gasteiger partial charge in [-0.25, -0.2) is 0 Å². The van der Waals surface area contributed by atoms with Gasteiger partial charge in [-0.3, -0.25) is 19.2 Å². The number of anilines is 1. The van der Waals surface area contributed by atoms with Crippen LogP contribution in [0.3, 0.4) is 0 Å². The van der Waals surface area contributed by atoms with Gasteiger partial charge in [0, 0.05) is 25.1 Å². The van der Waals surface area contributed by atoms with Gasteiger partial charge in [0.15, 0.2) is 0 Å². The average molecular weight is 405 g/mol. The molecule has 1 aromatic rings. The zero-order valence-electron chi connectivity index (χ0n) is 17.6. The van der Waals surface area contributed by atoms with Gasteiger partial charge in [-0.15, -0.1) is 0 Å². The van der Waals surface area contributed by atoms with E-state index in [0.717, 1.165) is 5.56 Å². The Morgan fingerprint density at radius 1 is 1.10 bits per heavy atom. The zero-order chi connectivity index (χ0) is 21.8. The molecule has 3 amide bonds. The second-order valence-corrected chi connectivity index (χ2v) is 7.29. The molecule has 0 aromatic heterocycles. The number of rotatable bonds is 11. The van der Waals surface area contributed by atoms with Crippen LogP contribution in [0.25, 0.3) is 0 Å². The Morgan fingerprint density at radius 2 is 1.83 bits per heavy atom. The minimum absolute atomic E-state index is 0.132. The van der Waals surface area contributed by atoms with Crippen LogP contribution < -0.4 is 10.6 Å². The van der Waals surface area contributed by atoms with Gasteiger partial charge in [0.1, 0.15) is 0 Å². The van der Waals surface area contributed by atoms with Crippen molar-refractivity contribution in [1.29, 1.82) is 0 Å². The second kappa shape index (κ2) is 12.5. The van der Waals surface area contributed by atoms with Gasteiger partial charge in [0.25, 0.3) is 0 Å². The molecule has 0 saturated carbocycles. The van der Waals surface area contributed by atoms with Gasteiger partial charge < -0.3 is 20.3 Å². The van der Waals surface area contributed by atoms with Crippen LogP contribution in [-0.2, 0) is 23.9 Å². The quantitative estimate of drug-likeness (QED) is 0.547. The zero-order valence-corrected chi connectivity index (χ0v) is 17.6. The van der Waals surface area contributed by atoms with Crippen LogP contribution in [0, 0.1) is 12.8 Å². The van der Waals surface area contributed by atoms with Crippen LogP contribution in [0.5, 0.6) is 0 Å². The maximum Gasteiger partial charge on any atom is 0.305 e. The van der Waals surface area contributed by atoms with Crippen molar-refractivity contribution in [2.24, 2.45) is 5.92 Å². The van der Waals surface area contributed by atoms with Crippen LogP contribution in [-0.4, -0.2) is 55.3 Å². The third kappa shape index (κ3) is 10.3. The summed E-state index contributed by atoms with van der Waals surface area (Å²) in [6.45, 7) is 5.92. The summed E-state index contributed by atoms with van der Waals surface area (Å²) in [6, 6.07) is 7.35. The summed E-state index contributed by atoms with van der Waals surface area (Å²) in [6.07, 6.45) is 0.673. The molecule has 8 nitrogen and oxygen atoms in total. The Labute approximate surface area is 172 Å². The summed E-state index contributed by atoms with van der Waals surface area (Å²) in [5, 5.41) is 5.25. The highest BCUT2D eigenvalue weighted by atomic mass is 16.5. The first-order chi connectivity index (χ1) is 13.7. The minimum Gasteiger partial charge on any atom is -0.469 e. The first-order valence-corrected chi connectivity index (χ1v) is 9.69. The van der Waals surface area contributed by atoms with E-state index in [4.69, 9.17) is 0 Å². The number of benzene rings is 1. The monoisotopic (exact) mass is 405 g/mol. The highest BCUT2D eigenvalue weighted by Crippen LogP contribution is 2.09. The van der Waals surface area contributed by atoms with Crippen LogP contribution in [0.2, 0.25) is 0 Å². The van der Waals surface area contributed by atoms with E-state index in [0.29, 0.717) is 18.7 Å². The summed E-state index contributed by atoms with van der Waals surface area (Å²) >= 11 is 0. The molecule has 0 unspecified atom stereocenters. The van der Waals surface area contributed by atoms with Crippen LogP contribution in [0.4, 0.5) is 5.69 Å². The summed E-state index contributed by atoms with van der Waals surface area (Å²) in [4.78, 5) is 49.3. The summed E-state index contributed by atoms with van der Waals surface area (Å²) in [5.41, 5.74) is 1.67. The van der Waals surface area contributed by atoms with Gasteiger partial charge in [-0.2, -0.15) is 0 Å². The molecule has 0 radical (unpaired) electrons. The van der Waals surface area contributed by atoms with Gasteiger partial charge >= 0.3 is 5.97 Å². The lowest BCUT2D eigenvalue weighted by atomic mass is 10.1. The van der Waals surface area contributed by atoms with Crippen molar-refractivity contribution in [3.05, 3.63) is 29.8 Å². The summed E-state index contributed by atoms with van der Waals surface area (Å²) in [5.74, 6) is -1.15. The minimum atomic E-state index is -0.411. The number of ether oxygens (including phenoxy) is 1. The fourth-order valence-electron chi connectivity index (χ4n) is 2.68. The summed E-state index contributed by atoms with van der Waals surface area (Å²) in [7, 11) is 1.30. The number of esters is 1. The third-order valence-corrected chi connectivity index (χ3v) is 4.02. The van der Waals surface area contributed by atoms with Crippen molar-refractivity contribution >= 4 is 29.4 Å². The lowest BCUT2D eigenvalue weighted by Crippen LogP contribution is -2.44. The molecule has 8 heteroatoms. The first kappa shape index (κ1) is 24.1. The largest absolute Gasteiger partial charge is 0.469 e. The predicted octanol–water partition coefficient (Wildman–Crippen LogP) is 1.88. The molecule has 0 aliphatic heterocycles. The fraction of sp³-hybridized carbons (Fsp3) is 0.524. The lowest BCUT2D eigenvalue weighted by molar-refractivity contribution is -0.141. The van der Waals surface area contributed by atoms with Gasteiger partial charge in [-0.1, -0.05) is 26.0 Å². The molecule has 0 fully saturated rings. The van der Waals surface area contributed by atoms with Crippen LogP contribution in [0.1, 0.15) is 38.7 Å². The molecule has 0 atom stereocenters. The standard InChI is InChI=1S/C21H31N3O5/c1-15(2)13-24(20(27)9-6-10-21(28)29-4)14-19(26)22-12-18(25)23-17-8-5-7-16(3)11-17/h5,7-8,11,15H,6,9-10,12-14H2,1-4H3,(H,22,26)(H,23,25). The maximum atomic E-state index is 12.4. The third-order valence-electron chi connectivity index (χ3n) is 4.02. The molecule has 0 spiro atoms. The van der Waals surface area contributed by atoms with Crippen molar-refractivity contribution in [3.63, 3.8) is 0 Å². The molecule has 0 bridgehead atoms. The number of methoxy groups -OCH3 is 1. The number of hydrogen-bond donors (Lipinski definition) is 2. The molecule has 0 aliphatic carbocycles. The van der Waals surface area contributed by atoms with E-state index < -0.39 is 5.91 Å². The van der Waals surface area contributed by atoms with E-state index in [1.54, 1.807) is 6.07 Å². The molecule has 1 rings (SSSR count). The molecule has 0 aliphatic rings. The van der Waals surface area contributed by atoms with Gasteiger partial charge in [0.05, 0.1) is 20.2 Å². The van der Waals surface area contributed by atoms with E-state index in [1.165, 1.54) is 12.0 Å². The Kier molecular flexibility index (Phi) is 10.4. The smallest absolute Gasteiger partial charge is 0.305 e. The highest BCUT2D eigenvalue weighted by Gasteiger charge is 2.19. The Balaban J connectivity index is 2.49. The lowest BCUT2D eigenvalue weighted by Gasteiger charge is -2.24. The molecule has 160 valence electrons. The van der Waals surface area contributed by atoms with Gasteiger partial charge in [-0.05, 0) is 37.0 Å². The second-order valence-electron chi connectivity index (χ2n) is 7.29. The topological polar surface area (TPSA) is 105 Å². The van der Waals surface area contributed by atoms with E-state index >= 15 is 0 Å². The van der Waals surface area contributed by atoms with Crippen molar-refractivity contribution < 1.29 is 23.9 Å². The van der Waals surface area contributed by atoms with Crippen molar-refractivity contribution in [3.8, 4) is 0 Å². The number of carbonyl (C=O) groups is 4. The number of hydrogen-bond acceptors (Lipinski definition) is 5. The fourth-order valence-corrected chi connectivity index (χ4v) is 2.68. The number of nitrogens with one attached hydrogen (secondary N) is 2. The normalized spacial score (nSPS) is 10.4. The molecule has 0 heterocycles. The SMILES string of the molecule is COC(=O)CCCC(=O)N(CC(=O)NCC(=O)Nc1cccc(C)c1)CC(C)C. The predicted molar refractivity (Wildman–Crippen MR) is 110 cm³/mol. The Bertz CT molecular complexity index is 718. The van der Waals surface area contributed by atoms with E-state index in [2.05, 4.69) is 15.4 Å². The Hall–Kier alpha value is -2.90. The number of nitrogens with zero attached hydrogens (tertiary/aromatic N) is 1. The molecular weight excluding hydrogens is 374 g/mol. The molecular formula is C21H31N3O5.